The molecule has 15 heavy (non-hydrogen) atoms. The van der Waals surface area contributed by atoms with Gasteiger partial charge >= 0.3 is 5.97 Å². The SMILES string of the molecule is CCOc1ccc(Cl)cc1C(N)C(=O)O. The highest BCUT2D eigenvalue weighted by molar-refractivity contribution is 6.30. The van der Waals surface area contributed by atoms with Crippen LogP contribution in [0.4, 0.5) is 0 Å². The smallest absolute Gasteiger partial charge is 0.325 e. The minimum Gasteiger partial charge on any atom is -0.494 e. The molecule has 0 radical (unpaired) electrons. The maximum absolute atomic E-state index is 10.7. The van der Waals surface area contributed by atoms with E-state index in [1.54, 1.807) is 12.1 Å². The van der Waals surface area contributed by atoms with Gasteiger partial charge in [-0.25, -0.2) is 0 Å². The fraction of sp³-hybridized carbons (Fsp3) is 0.300. The summed E-state index contributed by atoms with van der Waals surface area (Å²) in [6, 6.07) is 3.63. The van der Waals surface area contributed by atoms with Crippen molar-refractivity contribution >= 4 is 17.6 Å². The Morgan fingerprint density at radius 3 is 2.87 bits per heavy atom. The molecule has 1 rings (SSSR count). The topological polar surface area (TPSA) is 72.5 Å². The lowest BCUT2D eigenvalue weighted by Gasteiger charge is -2.13. The van der Waals surface area contributed by atoms with Crippen LogP contribution in [-0.4, -0.2) is 17.7 Å². The number of halogens is 1. The second-order valence-corrected chi connectivity index (χ2v) is 3.37. The van der Waals surface area contributed by atoms with Crippen LogP contribution >= 0.6 is 11.6 Å². The van der Waals surface area contributed by atoms with E-state index in [2.05, 4.69) is 0 Å². The number of benzene rings is 1. The van der Waals surface area contributed by atoms with Crippen LogP contribution in [0.5, 0.6) is 5.75 Å². The van der Waals surface area contributed by atoms with Gasteiger partial charge in [0.05, 0.1) is 6.61 Å². The maximum atomic E-state index is 10.7. The van der Waals surface area contributed by atoms with Crippen LogP contribution in [0.3, 0.4) is 0 Å². The Bertz CT molecular complexity index is 368. The largest absolute Gasteiger partial charge is 0.494 e. The number of aliphatic carboxylic acids is 1. The summed E-state index contributed by atoms with van der Waals surface area (Å²) in [5.74, 6) is -0.657. The Balaban J connectivity index is 3.11. The average molecular weight is 230 g/mol. The maximum Gasteiger partial charge on any atom is 0.325 e. The van der Waals surface area contributed by atoms with Crippen LogP contribution in [0.2, 0.25) is 5.02 Å². The van der Waals surface area contributed by atoms with Crippen molar-refractivity contribution in [1.29, 1.82) is 0 Å². The molecule has 0 spiro atoms. The Labute approximate surface area is 92.6 Å². The number of ether oxygens (including phenoxy) is 1. The van der Waals surface area contributed by atoms with Crippen molar-refractivity contribution in [2.75, 3.05) is 6.61 Å². The van der Waals surface area contributed by atoms with Gasteiger partial charge in [0.1, 0.15) is 11.8 Å². The van der Waals surface area contributed by atoms with Crippen molar-refractivity contribution in [3.05, 3.63) is 28.8 Å². The van der Waals surface area contributed by atoms with Gasteiger partial charge in [0, 0.05) is 10.6 Å². The van der Waals surface area contributed by atoms with Gasteiger partial charge in [-0.1, -0.05) is 11.6 Å². The summed E-state index contributed by atoms with van der Waals surface area (Å²) in [4.78, 5) is 10.7. The van der Waals surface area contributed by atoms with E-state index in [1.807, 2.05) is 6.92 Å². The van der Waals surface area contributed by atoms with Crippen LogP contribution in [0, 0.1) is 0 Å². The van der Waals surface area contributed by atoms with E-state index >= 15 is 0 Å². The lowest BCUT2D eigenvalue weighted by molar-refractivity contribution is -0.138. The molecule has 0 amide bonds. The average Bonchev–Trinajstić information content (AvgIpc) is 2.20. The molecule has 0 aliphatic rings. The molecule has 0 saturated carbocycles. The lowest BCUT2D eigenvalue weighted by Crippen LogP contribution is -2.21. The Hall–Kier alpha value is -1.26. The Morgan fingerprint density at radius 2 is 2.33 bits per heavy atom. The molecular formula is C10H12ClNO3. The minimum absolute atomic E-state index is 0.386. The molecule has 1 aromatic rings. The molecule has 82 valence electrons. The second-order valence-electron chi connectivity index (χ2n) is 2.93. The van der Waals surface area contributed by atoms with Gasteiger partial charge in [-0.2, -0.15) is 0 Å². The van der Waals surface area contributed by atoms with Gasteiger partial charge in [-0.15, -0.1) is 0 Å². The molecule has 0 aliphatic heterocycles. The summed E-state index contributed by atoms with van der Waals surface area (Å²) in [7, 11) is 0. The molecule has 0 aromatic heterocycles. The number of rotatable bonds is 4. The van der Waals surface area contributed by atoms with Crippen LogP contribution in [0.25, 0.3) is 0 Å². The number of hydrogen-bond acceptors (Lipinski definition) is 3. The predicted molar refractivity (Wildman–Crippen MR) is 57.2 cm³/mol. The monoisotopic (exact) mass is 229 g/mol. The van der Waals surface area contributed by atoms with Crippen molar-refractivity contribution < 1.29 is 14.6 Å². The Morgan fingerprint density at radius 1 is 1.67 bits per heavy atom. The van der Waals surface area contributed by atoms with E-state index in [9.17, 15) is 4.79 Å². The van der Waals surface area contributed by atoms with E-state index in [-0.39, 0.29) is 0 Å². The van der Waals surface area contributed by atoms with Crippen molar-refractivity contribution in [2.24, 2.45) is 5.73 Å². The first-order valence-electron chi connectivity index (χ1n) is 4.47. The molecule has 4 nitrogen and oxygen atoms in total. The first-order chi connectivity index (χ1) is 7.06. The number of nitrogens with two attached hydrogens (primary N) is 1. The van der Waals surface area contributed by atoms with E-state index in [0.29, 0.717) is 22.9 Å². The Kier molecular flexibility index (Phi) is 3.94. The fourth-order valence-electron chi connectivity index (χ4n) is 1.18. The molecule has 0 bridgehead atoms. The van der Waals surface area contributed by atoms with E-state index in [1.165, 1.54) is 6.07 Å². The highest BCUT2D eigenvalue weighted by Crippen LogP contribution is 2.27. The van der Waals surface area contributed by atoms with E-state index in [0.717, 1.165) is 0 Å². The summed E-state index contributed by atoms with van der Waals surface area (Å²) in [6.45, 7) is 2.26. The summed E-state index contributed by atoms with van der Waals surface area (Å²) in [5.41, 5.74) is 5.89. The van der Waals surface area contributed by atoms with Crippen LogP contribution in [0.15, 0.2) is 18.2 Å². The summed E-state index contributed by atoms with van der Waals surface area (Å²) >= 11 is 5.76. The van der Waals surface area contributed by atoms with E-state index < -0.39 is 12.0 Å². The van der Waals surface area contributed by atoms with Crippen LogP contribution in [-0.2, 0) is 4.79 Å². The molecule has 3 N–H and O–H groups in total. The van der Waals surface area contributed by atoms with E-state index in [4.69, 9.17) is 27.2 Å². The van der Waals surface area contributed by atoms with Crippen LogP contribution in [0.1, 0.15) is 18.5 Å². The van der Waals surface area contributed by atoms with Crippen molar-refractivity contribution in [3.63, 3.8) is 0 Å². The van der Waals surface area contributed by atoms with Gasteiger partial charge < -0.3 is 15.6 Å². The highest BCUT2D eigenvalue weighted by Gasteiger charge is 2.19. The molecule has 0 saturated heterocycles. The first-order valence-corrected chi connectivity index (χ1v) is 4.84. The van der Waals surface area contributed by atoms with Gasteiger partial charge in [-0.05, 0) is 25.1 Å². The standard InChI is InChI=1S/C10H12ClNO3/c1-2-15-8-4-3-6(11)5-7(8)9(12)10(13)14/h3-5,9H,2,12H2,1H3,(H,13,14). The van der Waals surface area contributed by atoms with Crippen molar-refractivity contribution in [2.45, 2.75) is 13.0 Å². The fourth-order valence-corrected chi connectivity index (χ4v) is 1.36. The summed E-state index contributed by atoms with van der Waals surface area (Å²) < 4.78 is 5.26. The first kappa shape index (κ1) is 11.8. The number of carboxylic acid groups (broad SMARTS) is 1. The third-order valence-corrected chi connectivity index (χ3v) is 2.11. The molecule has 1 unspecified atom stereocenters. The molecule has 1 atom stereocenters. The zero-order chi connectivity index (χ0) is 11.4. The van der Waals surface area contributed by atoms with Crippen molar-refractivity contribution in [1.82, 2.24) is 0 Å². The molecule has 5 heteroatoms. The number of carboxylic acids is 1. The quantitative estimate of drug-likeness (QED) is 0.826. The van der Waals surface area contributed by atoms with Gasteiger partial charge in [0.15, 0.2) is 0 Å². The number of carbonyl (C=O) groups is 1. The molecule has 1 aromatic carbocycles. The zero-order valence-corrected chi connectivity index (χ0v) is 8.99. The third kappa shape index (κ3) is 2.84. The van der Waals surface area contributed by atoms with Gasteiger partial charge in [0.2, 0.25) is 0 Å². The van der Waals surface area contributed by atoms with Crippen molar-refractivity contribution in [3.8, 4) is 5.75 Å². The van der Waals surface area contributed by atoms with Crippen LogP contribution < -0.4 is 10.5 Å². The highest BCUT2D eigenvalue weighted by atomic mass is 35.5. The van der Waals surface area contributed by atoms with Gasteiger partial charge in [-0.3, -0.25) is 4.79 Å². The molecule has 0 heterocycles. The molecule has 0 aliphatic carbocycles. The third-order valence-electron chi connectivity index (χ3n) is 1.87. The normalized spacial score (nSPS) is 12.2. The lowest BCUT2D eigenvalue weighted by atomic mass is 10.1. The molecular weight excluding hydrogens is 218 g/mol. The molecule has 0 fully saturated rings. The zero-order valence-electron chi connectivity index (χ0n) is 8.24. The summed E-state index contributed by atoms with van der Waals surface area (Å²) in [5, 5.41) is 9.23. The summed E-state index contributed by atoms with van der Waals surface area (Å²) in [6.07, 6.45) is 0. The second kappa shape index (κ2) is 5.00. The number of hydrogen-bond donors (Lipinski definition) is 2. The predicted octanol–water partition coefficient (Wildman–Crippen LogP) is 1.82. The minimum atomic E-state index is -1.12. The van der Waals surface area contributed by atoms with Gasteiger partial charge in [0.25, 0.3) is 0 Å².